The summed E-state index contributed by atoms with van der Waals surface area (Å²) in [5.41, 5.74) is 1.06. The van der Waals surface area contributed by atoms with Gasteiger partial charge in [-0.2, -0.15) is 5.10 Å². The molecule has 7 nitrogen and oxygen atoms in total. The Morgan fingerprint density at radius 3 is 3.00 bits per heavy atom. The molecule has 1 aromatic rings. The Bertz CT molecular complexity index is 546. The highest BCUT2D eigenvalue weighted by atomic mass is 19.1. The highest BCUT2D eigenvalue weighted by molar-refractivity contribution is 5.73. The summed E-state index contributed by atoms with van der Waals surface area (Å²) in [6.07, 6.45) is 4.34. The minimum absolute atomic E-state index is 0.0146. The third kappa shape index (κ3) is 4.67. The summed E-state index contributed by atoms with van der Waals surface area (Å²) in [6.45, 7) is 3.63. The van der Waals surface area contributed by atoms with Gasteiger partial charge in [-0.05, 0) is 12.8 Å². The molecule has 0 spiro atoms. The number of nitrogens with zero attached hydrogens (tertiary/aromatic N) is 3. The minimum atomic E-state index is -0.841. The van der Waals surface area contributed by atoms with E-state index >= 15 is 0 Å². The molecule has 3 rings (SSSR count). The predicted molar refractivity (Wildman–Crippen MR) is 87.2 cm³/mol. The van der Waals surface area contributed by atoms with Crippen molar-refractivity contribution in [3.63, 3.8) is 0 Å². The zero-order valence-corrected chi connectivity index (χ0v) is 14.1. The summed E-state index contributed by atoms with van der Waals surface area (Å²) in [5.74, 6) is 0.402. The monoisotopic (exact) mass is 339 g/mol. The number of rotatable bonds is 6. The first-order valence-corrected chi connectivity index (χ1v) is 8.55. The SMILES string of the molecule is Cn1cc(CN2C[C@@H](F)C[C@H]2CNC(=O)NCC2CCOC2)cn1. The molecule has 3 atom stereocenters. The van der Waals surface area contributed by atoms with E-state index in [4.69, 9.17) is 4.74 Å². The molecule has 2 aliphatic rings. The van der Waals surface area contributed by atoms with Crippen molar-refractivity contribution in [1.82, 2.24) is 25.3 Å². The fraction of sp³-hybridized carbons (Fsp3) is 0.750. The van der Waals surface area contributed by atoms with Crippen LogP contribution < -0.4 is 10.6 Å². The highest BCUT2D eigenvalue weighted by Gasteiger charge is 2.32. The molecule has 1 unspecified atom stereocenters. The number of hydrogen-bond acceptors (Lipinski definition) is 4. The second-order valence-corrected chi connectivity index (χ2v) is 6.76. The molecular weight excluding hydrogens is 313 g/mol. The lowest BCUT2D eigenvalue weighted by molar-refractivity contribution is 0.184. The lowest BCUT2D eigenvalue weighted by Gasteiger charge is -2.23. The molecule has 0 aromatic carbocycles. The number of aromatic nitrogens is 2. The van der Waals surface area contributed by atoms with Gasteiger partial charge >= 0.3 is 6.03 Å². The number of nitrogens with one attached hydrogen (secondary N) is 2. The van der Waals surface area contributed by atoms with Gasteiger partial charge in [-0.15, -0.1) is 0 Å². The second-order valence-electron chi connectivity index (χ2n) is 6.76. The molecule has 0 aliphatic carbocycles. The van der Waals surface area contributed by atoms with Crippen LogP contribution in [0.25, 0.3) is 0 Å². The average molecular weight is 339 g/mol. The number of carbonyl (C=O) groups is 1. The molecule has 2 saturated heterocycles. The minimum Gasteiger partial charge on any atom is -0.381 e. The summed E-state index contributed by atoms with van der Waals surface area (Å²) < 4.78 is 20.8. The first kappa shape index (κ1) is 17.2. The average Bonchev–Trinajstić information content (AvgIpc) is 3.26. The Hall–Kier alpha value is -1.67. The molecule has 1 aromatic heterocycles. The maximum absolute atomic E-state index is 13.8. The largest absolute Gasteiger partial charge is 0.381 e. The van der Waals surface area contributed by atoms with E-state index < -0.39 is 6.17 Å². The Balaban J connectivity index is 1.42. The Morgan fingerprint density at radius 1 is 1.46 bits per heavy atom. The normalized spacial score (nSPS) is 27.5. The second kappa shape index (κ2) is 7.94. The van der Waals surface area contributed by atoms with Crippen molar-refractivity contribution in [3.05, 3.63) is 18.0 Å². The molecule has 2 amide bonds. The van der Waals surface area contributed by atoms with Gasteiger partial charge in [-0.1, -0.05) is 0 Å². The van der Waals surface area contributed by atoms with E-state index in [9.17, 15) is 9.18 Å². The van der Waals surface area contributed by atoms with Gasteiger partial charge in [0.15, 0.2) is 0 Å². The first-order valence-electron chi connectivity index (χ1n) is 8.55. The number of likely N-dealkylation sites (tertiary alicyclic amines) is 1. The predicted octanol–water partition coefficient (Wildman–Crippen LogP) is 0.668. The zero-order valence-electron chi connectivity index (χ0n) is 14.1. The topological polar surface area (TPSA) is 71.4 Å². The number of amides is 2. The summed E-state index contributed by atoms with van der Waals surface area (Å²) in [4.78, 5) is 14.0. The summed E-state index contributed by atoms with van der Waals surface area (Å²) in [7, 11) is 1.87. The van der Waals surface area contributed by atoms with Gasteiger partial charge in [0.2, 0.25) is 0 Å². The van der Waals surface area contributed by atoms with Crippen molar-refractivity contribution in [2.75, 3.05) is 32.8 Å². The van der Waals surface area contributed by atoms with Gasteiger partial charge in [-0.25, -0.2) is 9.18 Å². The van der Waals surface area contributed by atoms with E-state index in [0.29, 0.717) is 45.1 Å². The number of halogens is 1. The molecule has 0 radical (unpaired) electrons. The summed E-state index contributed by atoms with van der Waals surface area (Å²) in [6, 6.07) is -0.175. The Kier molecular flexibility index (Phi) is 5.68. The van der Waals surface area contributed by atoms with Crippen LogP contribution in [0.5, 0.6) is 0 Å². The number of urea groups is 1. The van der Waals surface area contributed by atoms with Crippen molar-refractivity contribution in [2.24, 2.45) is 13.0 Å². The third-order valence-corrected chi connectivity index (χ3v) is 4.69. The van der Waals surface area contributed by atoms with Crippen LogP contribution in [-0.2, 0) is 18.3 Å². The molecule has 2 N–H and O–H groups in total. The van der Waals surface area contributed by atoms with E-state index in [1.807, 2.05) is 13.2 Å². The molecule has 0 saturated carbocycles. The third-order valence-electron chi connectivity index (χ3n) is 4.69. The van der Waals surface area contributed by atoms with Crippen LogP contribution in [0.4, 0.5) is 9.18 Å². The fourth-order valence-electron chi connectivity index (χ4n) is 3.37. The van der Waals surface area contributed by atoms with E-state index in [0.717, 1.165) is 18.6 Å². The molecule has 0 bridgehead atoms. The van der Waals surface area contributed by atoms with Crippen molar-refractivity contribution in [2.45, 2.75) is 31.6 Å². The molecule has 2 fully saturated rings. The maximum atomic E-state index is 13.8. The van der Waals surface area contributed by atoms with Gasteiger partial charge in [-0.3, -0.25) is 9.58 Å². The van der Waals surface area contributed by atoms with Gasteiger partial charge in [0.05, 0.1) is 12.8 Å². The number of alkyl halides is 1. The molecule has 8 heteroatoms. The van der Waals surface area contributed by atoms with Crippen LogP contribution in [0.15, 0.2) is 12.4 Å². The molecule has 24 heavy (non-hydrogen) atoms. The fourth-order valence-corrected chi connectivity index (χ4v) is 3.37. The quantitative estimate of drug-likeness (QED) is 0.799. The number of ether oxygens (including phenoxy) is 1. The van der Waals surface area contributed by atoms with Crippen LogP contribution in [0, 0.1) is 5.92 Å². The zero-order chi connectivity index (χ0) is 16.9. The summed E-state index contributed by atoms with van der Waals surface area (Å²) >= 11 is 0. The Labute approximate surface area is 141 Å². The lowest BCUT2D eigenvalue weighted by Crippen LogP contribution is -2.44. The first-order chi connectivity index (χ1) is 11.6. The van der Waals surface area contributed by atoms with Gasteiger partial charge in [0, 0.05) is 63.6 Å². The molecule has 2 aliphatic heterocycles. The van der Waals surface area contributed by atoms with Crippen molar-refractivity contribution in [1.29, 1.82) is 0 Å². The van der Waals surface area contributed by atoms with Crippen molar-refractivity contribution >= 4 is 6.03 Å². The molecular formula is C16H26FN5O2. The maximum Gasteiger partial charge on any atom is 0.314 e. The van der Waals surface area contributed by atoms with E-state index in [2.05, 4.69) is 20.6 Å². The van der Waals surface area contributed by atoms with Crippen LogP contribution >= 0.6 is 0 Å². The molecule has 134 valence electrons. The van der Waals surface area contributed by atoms with Crippen LogP contribution in [-0.4, -0.2) is 65.8 Å². The van der Waals surface area contributed by atoms with E-state index in [-0.39, 0.29) is 12.1 Å². The highest BCUT2D eigenvalue weighted by Crippen LogP contribution is 2.22. The number of carbonyl (C=O) groups excluding carboxylic acids is 1. The number of aryl methyl sites for hydroxylation is 1. The summed E-state index contributed by atoms with van der Waals surface area (Å²) in [5, 5.41) is 9.89. The Morgan fingerprint density at radius 2 is 2.29 bits per heavy atom. The standard InChI is InChI=1S/C16H26FN5O2/c1-21-8-13(6-20-21)9-22-10-14(17)4-15(22)7-19-16(23)18-5-12-2-3-24-11-12/h6,8,12,14-15H,2-5,7,9-11H2,1H3,(H2,18,19,23)/t12?,14-,15-/m0/s1. The van der Waals surface area contributed by atoms with Crippen molar-refractivity contribution in [3.8, 4) is 0 Å². The van der Waals surface area contributed by atoms with E-state index in [1.54, 1.807) is 10.9 Å². The van der Waals surface area contributed by atoms with Gasteiger partial charge < -0.3 is 15.4 Å². The van der Waals surface area contributed by atoms with Crippen molar-refractivity contribution < 1.29 is 13.9 Å². The van der Waals surface area contributed by atoms with E-state index in [1.165, 1.54) is 0 Å². The molecule has 3 heterocycles. The van der Waals surface area contributed by atoms with Gasteiger partial charge in [0.25, 0.3) is 0 Å². The number of hydrogen-bond donors (Lipinski definition) is 2. The van der Waals surface area contributed by atoms with Crippen LogP contribution in [0.1, 0.15) is 18.4 Å². The van der Waals surface area contributed by atoms with Crippen LogP contribution in [0.2, 0.25) is 0 Å². The van der Waals surface area contributed by atoms with Gasteiger partial charge in [0.1, 0.15) is 6.17 Å². The smallest absolute Gasteiger partial charge is 0.314 e. The van der Waals surface area contributed by atoms with Crippen LogP contribution in [0.3, 0.4) is 0 Å². The lowest BCUT2D eigenvalue weighted by atomic mass is 10.1.